The molecule has 2 aromatic heterocycles. The SMILES string of the molecule is CCN1CCCc2cc(C3(c4c(C)n(CC)c5ccccc45)OC(=O)c4cccnc43)c(C)cc21. The highest BCUT2D eigenvalue weighted by atomic mass is 16.6. The van der Waals surface area contributed by atoms with Gasteiger partial charge in [-0.1, -0.05) is 18.2 Å². The summed E-state index contributed by atoms with van der Waals surface area (Å²) >= 11 is 0. The first-order valence-electron chi connectivity index (χ1n) is 12.7. The number of carbonyl (C=O) groups excluding carboxylic acids is 1. The molecule has 35 heavy (non-hydrogen) atoms. The van der Waals surface area contributed by atoms with Gasteiger partial charge >= 0.3 is 5.97 Å². The van der Waals surface area contributed by atoms with Crippen LogP contribution in [0.25, 0.3) is 10.9 Å². The molecule has 0 fully saturated rings. The second-order valence-electron chi connectivity index (χ2n) is 9.67. The molecule has 0 aliphatic carbocycles. The number of fused-ring (bicyclic) bond motifs is 3. The van der Waals surface area contributed by atoms with Gasteiger partial charge in [0.15, 0.2) is 0 Å². The van der Waals surface area contributed by atoms with E-state index in [4.69, 9.17) is 9.72 Å². The molecule has 2 aliphatic heterocycles. The molecule has 2 aliphatic rings. The zero-order valence-corrected chi connectivity index (χ0v) is 20.9. The van der Waals surface area contributed by atoms with E-state index in [1.807, 2.05) is 12.1 Å². The molecule has 4 aromatic rings. The number of rotatable bonds is 4. The highest BCUT2D eigenvalue weighted by molar-refractivity contribution is 5.98. The highest BCUT2D eigenvalue weighted by Crippen LogP contribution is 2.51. The predicted molar refractivity (Wildman–Crippen MR) is 139 cm³/mol. The Morgan fingerprint density at radius 3 is 2.69 bits per heavy atom. The number of pyridine rings is 1. The minimum atomic E-state index is -1.09. The lowest BCUT2D eigenvalue weighted by molar-refractivity contribution is 0.0243. The maximum Gasteiger partial charge on any atom is 0.341 e. The second kappa shape index (κ2) is 7.98. The summed E-state index contributed by atoms with van der Waals surface area (Å²) in [5, 5.41) is 1.10. The monoisotopic (exact) mass is 465 g/mol. The Labute approximate surface area is 206 Å². The first-order valence-corrected chi connectivity index (χ1v) is 12.7. The lowest BCUT2D eigenvalue weighted by Gasteiger charge is -2.35. The summed E-state index contributed by atoms with van der Waals surface area (Å²) in [7, 11) is 0. The average molecular weight is 466 g/mol. The summed E-state index contributed by atoms with van der Waals surface area (Å²) in [5.41, 5.74) is 8.17. The van der Waals surface area contributed by atoms with Crippen molar-refractivity contribution >= 4 is 22.6 Å². The summed E-state index contributed by atoms with van der Waals surface area (Å²) in [6.07, 6.45) is 3.92. The molecular weight excluding hydrogens is 434 g/mol. The lowest BCUT2D eigenvalue weighted by Crippen LogP contribution is -2.34. The number of anilines is 1. The normalized spacial score (nSPS) is 19.1. The Balaban J connectivity index is 1.74. The number of ether oxygens (including phenoxy) is 1. The van der Waals surface area contributed by atoms with E-state index in [9.17, 15) is 4.79 Å². The third-order valence-electron chi connectivity index (χ3n) is 7.91. The van der Waals surface area contributed by atoms with Gasteiger partial charge in [-0.05, 0) is 82.0 Å². The average Bonchev–Trinajstić information content (AvgIpc) is 3.34. The molecule has 0 bridgehead atoms. The first kappa shape index (κ1) is 21.9. The Morgan fingerprint density at radius 1 is 1.06 bits per heavy atom. The summed E-state index contributed by atoms with van der Waals surface area (Å²) < 4.78 is 8.85. The molecule has 1 unspecified atom stereocenters. The van der Waals surface area contributed by atoms with Gasteiger partial charge in [0, 0.05) is 59.2 Å². The number of nitrogens with zero attached hydrogens (tertiary/aromatic N) is 3. The van der Waals surface area contributed by atoms with Crippen LogP contribution < -0.4 is 4.90 Å². The van der Waals surface area contributed by atoms with Gasteiger partial charge in [-0.15, -0.1) is 0 Å². The van der Waals surface area contributed by atoms with Crippen LogP contribution in [0.4, 0.5) is 5.69 Å². The fourth-order valence-corrected chi connectivity index (χ4v) is 6.38. The number of aryl methyl sites for hydroxylation is 3. The lowest BCUT2D eigenvalue weighted by atomic mass is 9.78. The zero-order valence-electron chi connectivity index (χ0n) is 20.9. The van der Waals surface area contributed by atoms with Crippen LogP contribution in [-0.2, 0) is 23.3 Å². The van der Waals surface area contributed by atoms with Crippen LogP contribution in [0.5, 0.6) is 0 Å². The van der Waals surface area contributed by atoms with Crippen molar-refractivity contribution in [3.8, 4) is 0 Å². The van der Waals surface area contributed by atoms with Gasteiger partial charge in [-0.3, -0.25) is 4.98 Å². The molecule has 0 radical (unpaired) electrons. The molecule has 5 heteroatoms. The van der Waals surface area contributed by atoms with Crippen LogP contribution in [0, 0.1) is 13.8 Å². The van der Waals surface area contributed by atoms with Crippen molar-refractivity contribution in [2.75, 3.05) is 18.0 Å². The van der Waals surface area contributed by atoms with Crippen molar-refractivity contribution in [2.24, 2.45) is 0 Å². The third-order valence-corrected chi connectivity index (χ3v) is 7.91. The van der Waals surface area contributed by atoms with Crippen LogP contribution in [0.15, 0.2) is 54.7 Å². The topological polar surface area (TPSA) is 47.4 Å². The standard InChI is InChI=1S/C30H31N3O2/c1-5-32-16-10-11-21-18-24(19(3)17-26(21)32)30(28-23(29(34)35-30)13-9-15-31-28)27-20(4)33(6-2)25-14-8-7-12-22(25)27/h7-9,12-15,17-18H,5-6,10-11,16H2,1-4H3. The zero-order chi connectivity index (χ0) is 24.3. The fourth-order valence-electron chi connectivity index (χ4n) is 6.38. The number of esters is 1. The van der Waals surface area contributed by atoms with Crippen LogP contribution in [0.3, 0.4) is 0 Å². The maximum absolute atomic E-state index is 13.4. The summed E-state index contributed by atoms with van der Waals surface area (Å²) in [6.45, 7) is 11.5. The molecular formula is C30H31N3O2. The molecule has 6 rings (SSSR count). The Hall–Kier alpha value is -3.60. The van der Waals surface area contributed by atoms with Gasteiger partial charge in [0.1, 0.15) is 5.69 Å². The summed E-state index contributed by atoms with van der Waals surface area (Å²) in [4.78, 5) is 20.6. The number of para-hydroxylation sites is 1. The van der Waals surface area contributed by atoms with Crippen LogP contribution in [0.2, 0.25) is 0 Å². The Bertz CT molecular complexity index is 1480. The van der Waals surface area contributed by atoms with Crippen LogP contribution in [0.1, 0.15) is 64.3 Å². The van der Waals surface area contributed by atoms with Crippen LogP contribution >= 0.6 is 0 Å². The fraction of sp³-hybridized carbons (Fsp3) is 0.333. The molecule has 1 atom stereocenters. The van der Waals surface area contributed by atoms with Gasteiger partial charge in [0.2, 0.25) is 5.60 Å². The number of aromatic nitrogens is 2. The molecule has 178 valence electrons. The minimum Gasteiger partial charge on any atom is -0.439 e. The van der Waals surface area contributed by atoms with Gasteiger partial charge in [0.25, 0.3) is 0 Å². The highest BCUT2D eigenvalue weighted by Gasteiger charge is 2.53. The number of hydrogen-bond acceptors (Lipinski definition) is 4. The smallest absolute Gasteiger partial charge is 0.341 e. The maximum atomic E-state index is 13.4. The Kier molecular flexibility index (Phi) is 4.99. The third kappa shape index (κ3) is 2.94. The first-order chi connectivity index (χ1) is 17.0. The van der Waals surface area contributed by atoms with E-state index in [1.165, 1.54) is 11.3 Å². The molecule has 0 amide bonds. The number of cyclic esters (lactones) is 1. The molecule has 5 nitrogen and oxygen atoms in total. The molecule has 0 saturated carbocycles. The van der Waals surface area contributed by atoms with Crippen molar-refractivity contribution in [1.29, 1.82) is 0 Å². The quantitative estimate of drug-likeness (QED) is 0.352. The van der Waals surface area contributed by atoms with E-state index in [0.717, 1.165) is 65.8 Å². The van der Waals surface area contributed by atoms with Crippen molar-refractivity contribution in [3.63, 3.8) is 0 Å². The van der Waals surface area contributed by atoms with Gasteiger partial charge < -0.3 is 14.2 Å². The molecule has 0 N–H and O–H groups in total. The van der Waals surface area contributed by atoms with E-state index >= 15 is 0 Å². The Morgan fingerprint density at radius 2 is 1.89 bits per heavy atom. The van der Waals surface area contributed by atoms with Crippen molar-refractivity contribution < 1.29 is 9.53 Å². The van der Waals surface area contributed by atoms with Gasteiger partial charge in [0.05, 0.1) is 5.56 Å². The number of carbonyl (C=O) groups is 1. The van der Waals surface area contributed by atoms with Gasteiger partial charge in [-0.25, -0.2) is 4.79 Å². The largest absolute Gasteiger partial charge is 0.439 e. The van der Waals surface area contributed by atoms with E-state index in [2.05, 4.69) is 73.6 Å². The molecule has 2 aromatic carbocycles. The molecule has 4 heterocycles. The van der Waals surface area contributed by atoms with E-state index in [-0.39, 0.29) is 5.97 Å². The van der Waals surface area contributed by atoms with E-state index in [0.29, 0.717) is 11.3 Å². The van der Waals surface area contributed by atoms with Gasteiger partial charge in [-0.2, -0.15) is 0 Å². The minimum absolute atomic E-state index is 0.312. The van der Waals surface area contributed by atoms with Crippen molar-refractivity contribution in [3.05, 3.63) is 93.9 Å². The van der Waals surface area contributed by atoms with Crippen molar-refractivity contribution in [1.82, 2.24) is 9.55 Å². The predicted octanol–water partition coefficient (Wildman–Crippen LogP) is 5.91. The van der Waals surface area contributed by atoms with Crippen molar-refractivity contribution in [2.45, 2.75) is 52.7 Å². The second-order valence-corrected chi connectivity index (χ2v) is 9.67. The summed E-state index contributed by atoms with van der Waals surface area (Å²) in [5.74, 6) is -0.312. The summed E-state index contributed by atoms with van der Waals surface area (Å²) in [6, 6.07) is 16.7. The molecule has 0 spiro atoms. The number of hydrogen-bond donors (Lipinski definition) is 0. The van der Waals surface area contributed by atoms with E-state index in [1.54, 1.807) is 6.20 Å². The van der Waals surface area contributed by atoms with Crippen LogP contribution in [-0.4, -0.2) is 28.6 Å². The van der Waals surface area contributed by atoms with E-state index < -0.39 is 5.60 Å². The molecule has 0 saturated heterocycles. The number of benzene rings is 2.